The van der Waals surface area contributed by atoms with Gasteiger partial charge < -0.3 is 5.32 Å². The topological polar surface area (TPSA) is 29.1 Å². The summed E-state index contributed by atoms with van der Waals surface area (Å²) in [6.07, 6.45) is 2.92. The number of hydrogen-bond acceptors (Lipinski definition) is 1. The van der Waals surface area contributed by atoms with Gasteiger partial charge in [-0.3, -0.25) is 4.79 Å². The molecule has 3 aromatic carbocycles. The number of carbonyl (C=O) groups excluding carboxylic acids is 1. The molecule has 4 rings (SSSR count). The molecule has 0 bridgehead atoms. The molecule has 0 radical (unpaired) electrons. The Labute approximate surface area is 148 Å². The van der Waals surface area contributed by atoms with Crippen molar-refractivity contribution in [3.05, 3.63) is 77.9 Å². The number of rotatable bonds is 5. The molecule has 0 aromatic heterocycles. The van der Waals surface area contributed by atoms with Gasteiger partial charge in [0, 0.05) is 5.69 Å². The molecule has 1 amide bonds. The van der Waals surface area contributed by atoms with Gasteiger partial charge in [0.2, 0.25) is 5.91 Å². The van der Waals surface area contributed by atoms with Gasteiger partial charge in [0.1, 0.15) is 0 Å². The molecule has 0 aliphatic heterocycles. The molecule has 2 heteroatoms. The second-order valence-electron chi connectivity index (χ2n) is 7.00. The number of hydrogen-bond donors (Lipinski definition) is 1. The number of nitrogens with one attached hydrogen (secondary N) is 1. The second-order valence-corrected chi connectivity index (χ2v) is 7.00. The minimum absolute atomic E-state index is 0.0383. The first kappa shape index (κ1) is 15.9. The third-order valence-corrected chi connectivity index (χ3v) is 5.28. The molecule has 126 valence electrons. The van der Waals surface area contributed by atoms with Crippen LogP contribution in [0.5, 0.6) is 0 Å². The van der Waals surface area contributed by atoms with E-state index in [4.69, 9.17) is 0 Å². The van der Waals surface area contributed by atoms with E-state index in [1.807, 2.05) is 36.4 Å². The van der Waals surface area contributed by atoms with Gasteiger partial charge in [-0.1, -0.05) is 67.9 Å². The number of carbonyl (C=O) groups is 1. The molecule has 1 aliphatic carbocycles. The lowest BCUT2D eigenvalue weighted by molar-refractivity contribution is -0.115. The van der Waals surface area contributed by atoms with Crippen molar-refractivity contribution in [2.45, 2.75) is 32.1 Å². The molecule has 1 saturated carbocycles. The summed E-state index contributed by atoms with van der Waals surface area (Å²) >= 11 is 0. The van der Waals surface area contributed by atoms with Crippen LogP contribution in [0, 0.1) is 5.92 Å². The second kappa shape index (κ2) is 6.72. The van der Waals surface area contributed by atoms with Crippen molar-refractivity contribution in [1.82, 2.24) is 0 Å². The van der Waals surface area contributed by atoms with Crippen molar-refractivity contribution < 1.29 is 4.79 Å². The van der Waals surface area contributed by atoms with Crippen molar-refractivity contribution >= 4 is 22.4 Å². The highest BCUT2D eigenvalue weighted by Gasteiger charge is 2.36. The summed E-state index contributed by atoms with van der Waals surface area (Å²) in [5.74, 6) is 1.54. The average Bonchev–Trinajstić information content (AvgIpc) is 3.42. The van der Waals surface area contributed by atoms with E-state index in [9.17, 15) is 4.79 Å². The van der Waals surface area contributed by atoms with Gasteiger partial charge in [0.25, 0.3) is 0 Å². The quantitative estimate of drug-likeness (QED) is 0.654. The fourth-order valence-electron chi connectivity index (χ4n) is 3.78. The van der Waals surface area contributed by atoms with E-state index >= 15 is 0 Å². The van der Waals surface area contributed by atoms with E-state index in [0.717, 1.165) is 22.6 Å². The highest BCUT2D eigenvalue weighted by atomic mass is 16.1. The van der Waals surface area contributed by atoms with E-state index in [1.165, 1.54) is 23.8 Å². The molecule has 1 N–H and O–H groups in total. The van der Waals surface area contributed by atoms with Crippen molar-refractivity contribution in [2.75, 3.05) is 5.32 Å². The third kappa shape index (κ3) is 3.43. The summed E-state index contributed by atoms with van der Waals surface area (Å²) in [6.45, 7) is 2.25. The normalized spacial score (nSPS) is 18.9. The Kier molecular flexibility index (Phi) is 4.27. The van der Waals surface area contributed by atoms with Gasteiger partial charge in [-0.2, -0.15) is 0 Å². The maximum Gasteiger partial charge on any atom is 0.228 e. The number of amides is 1. The maximum absolute atomic E-state index is 12.5. The van der Waals surface area contributed by atoms with Crippen LogP contribution in [0.3, 0.4) is 0 Å². The summed E-state index contributed by atoms with van der Waals surface area (Å²) in [4.78, 5) is 12.5. The largest absolute Gasteiger partial charge is 0.326 e. The Hall–Kier alpha value is -2.61. The lowest BCUT2D eigenvalue weighted by Gasteiger charge is -2.09. The van der Waals surface area contributed by atoms with Crippen LogP contribution in [0.1, 0.15) is 36.8 Å². The zero-order valence-corrected chi connectivity index (χ0v) is 14.5. The summed E-state index contributed by atoms with van der Waals surface area (Å²) in [6, 6.07) is 22.7. The highest BCUT2D eigenvalue weighted by molar-refractivity contribution is 5.96. The zero-order valence-electron chi connectivity index (χ0n) is 14.5. The minimum atomic E-state index is 0.0383. The summed E-state index contributed by atoms with van der Waals surface area (Å²) in [7, 11) is 0. The average molecular weight is 329 g/mol. The van der Waals surface area contributed by atoms with Crippen LogP contribution < -0.4 is 5.32 Å². The van der Waals surface area contributed by atoms with Crippen LogP contribution in [0.15, 0.2) is 66.7 Å². The Morgan fingerprint density at radius 1 is 1.04 bits per heavy atom. The summed E-state index contributed by atoms with van der Waals surface area (Å²) < 4.78 is 0. The van der Waals surface area contributed by atoms with Gasteiger partial charge in [-0.15, -0.1) is 0 Å². The smallest absolute Gasteiger partial charge is 0.228 e. The molecule has 3 aromatic rings. The van der Waals surface area contributed by atoms with Crippen molar-refractivity contribution in [2.24, 2.45) is 5.92 Å². The van der Waals surface area contributed by atoms with Crippen molar-refractivity contribution in [1.29, 1.82) is 0 Å². The first-order valence-corrected chi connectivity index (χ1v) is 9.11. The van der Waals surface area contributed by atoms with E-state index in [1.54, 1.807) is 0 Å². The first-order valence-electron chi connectivity index (χ1n) is 9.11. The van der Waals surface area contributed by atoms with Crippen molar-refractivity contribution in [3.63, 3.8) is 0 Å². The molecule has 2 atom stereocenters. The van der Waals surface area contributed by atoms with Crippen LogP contribution in [0.2, 0.25) is 0 Å². The Morgan fingerprint density at radius 3 is 2.68 bits per heavy atom. The molecule has 0 saturated heterocycles. The van der Waals surface area contributed by atoms with E-state index in [0.29, 0.717) is 12.3 Å². The lowest BCUT2D eigenvalue weighted by atomic mass is 10.0. The van der Waals surface area contributed by atoms with E-state index in [2.05, 4.69) is 42.6 Å². The van der Waals surface area contributed by atoms with E-state index in [-0.39, 0.29) is 5.91 Å². The molecular weight excluding hydrogens is 306 g/mol. The Bertz CT molecular complexity index is 909. The predicted octanol–water partition coefficient (Wildman–Crippen LogP) is 5.53. The van der Waals surface area contributed by atoms with E-state index < -0.39 is 0 Å². The molecular formula is C23H23NO. The molecule has 1 fully saturated rings. The molecule has 2 unspecified atom stereocenters. The maximum atomic E-state index is 12.5. The monoisotopic (exact) mass is 329 g/mol. The third-order valence-electron chi connectivity index (χ3n) is 5.28. The van der Waals surface area contributed by atoms with Crippen LogP contribution in [-0.2, 0) is 11.2 Å². The van der Waals surface area contributed by atoms with Gasteiger partial charge in [-0.25, -0.2) is 0 Å². The fraction of sp³-hybridized carbons (Fsp3) is 0.261. The molecule has 0 spiro atoms. The molecule has 25 heavy (non-hydrogen) atoms. The summed E-state index contributed by atoms with van der Waals surface area (Å²) in [5.41, 5.74) is 3.33. The summed E-state index contributed by atoms with van der Waals surface area (Å²) in [5, 5.41) is 5.40. The van der Waals surface area contributed by atoms with Crippen LogP contribution in [0.25, 0.3) is 10.8 Å². The van der Waals surface area contributed by atoms with Crippen LogP contribution in [0.4, 0.5) is 5.69 Å². The fourth-order valence-corrected chi connectivity index (χ4v) is 3.78. The Balaban J connectivity index is 1.48. The lowest BCUT2D eigenvalue weighted by Crippen LogP contribution is -2.14. The molecule has 0 heterocycles. The standard InChI is InChI=1S/C23H23NO/c1-2-16-14-22(16)18-10-6-11-20(13-18)24-23(25)15-19-9-5-8-17-7-3-4-12-21(17)19/h3-13,16,22H,2,14-15H2,1H3,(H,24,25). The number of benzene rings is 3. The SMILES string of the molecule is CCC1CC1c1cccc(NC(=O)Cc2cccc3ccccc23)c1. The Morgan fingerprint density at radius 2 is 1.84 bits per heavy atom. The van der Waals surface area contributed by atoms with Crippen molar-refractivity contribution in [3.8, 4) is 0 Å². The molecule has 1 aliphatic rings. The van der Waals surface area contributed by atoms with Crippen LogP contribution >= 0.6 is 0 Å². The zero-order chi connectivity index (χ0) is 17.2. The minimum Gasteiger partial charge on any atom is -0.326 e. The van der Waals surface area contributed by atoms with Gasteiger partial charge in [0.15, 0.2) is 0 Å². The van der Waals surface area contributed by atoms with Gasteiger partial charge in [0.05, 0.1) is 6.42 Å². The highest BCUT2D eigenvalue weighted by Crippen LogP contribution is 2.49. The number of anilines is 1. The number of fused-ring (bicyclic) bond motifs is 1. The first-order chi connectivity index (χ1) is 12.2. The van der Waals surface area contributed by atoms with Gasteiger partial charge in [-0.05, 0) is 52.3 Å². The van der Waals surface area contributed by atoms with Crippen LogP contribution in [-0.4, -0.2) is 5.91 Å². The van der Waals surface area contributed by atoms with Gasteiger partial charge >= 0.3 is 0 Å². The molecule has 2 nitrogen and oxygen atoms in total. The predicted molar refractivity (Wildman–Crippen MR) is 104 cm³/mol.